The standard InChI is InChI=1S/C12H11NO5/c1-18-10-5-2-7-6-8(13(16)17)3-4-9(7)11(10)12(14)15/h2-6,13,16H,1H3,(H,14,15). The molecule has 2 aromatic rings. The summed E-state index contributed by atoms with van der Waals surface area (Å²) in [5, 5.41) is 28.9. The summed E-state index contributed by atoms with van der Waals surface area (Å²) in [4.78, 5) is 11.2. The van der Waals surface area contributed by atoms with E-state index in [0.717, 1.165) is 0 Å². The molecule has 94 valence electrons. The van der Waals surface area contributed by atoms with Crippen molar-refractivity contribution in [3.05, 3.63) is 41.1 Å². The Kier molecular flexibility index (Phi) is 3.15. The molecule has 6 heteroatoms. The van der Waals surface area contributed by atoms with Gasteiger partial charge in [-0.1, -0.05) is 6.07 Å². The van der Waals surface area contributed by atoms with E-state index < -0.39 is 11.2 Å². The van der Waals surface area contributed by atoms with Crippen molar-refractivity contribution < 1.29 is 25.1 Å². The van der Waals surface area contributed by atoms with Crippen LogP contribution >= 0.6 is 0 Å². The zero-order valence-corrected chi connectivity index (χ0v) is 9.51. The van der Waals surface area contributed by atoms with Crippen LogP contribution in [0.15, 0.2) is 30.3 Å². The molecular formula is C12H11NO5. The molecule has 0 amide bonds. The fraction of sp³-hybridized carbons (Fsp3) is 0.0833. The van der Waals surface area contributed by atoms with Gasteiger partial charge in [0.1, 0.15) is 11.3 Å². The molecule has 1 atom stereocenters. The topological polar surface area (TPSA) is 94.3 Å². The van der Waals surface area contributed by atoms with Gasteiger partial charge in [0.05, 0.1) is 7.11 Å². The molecule has 0 bridgehead atoms. The van der Waals surface area contributed by atoms with E-state index in [1.54, 1.807) is 6.07 Å². The Bertz CT molecular complexity index is 609. The quantitative estimate of drug-likeness (QED) is 0.704. The molecule has 0 heterocycles. The largest absolute Gasteiger partial charge is 0.595 e. The highest BCUT2D eigenvalue weighted by molar-refractivity contribution is 6.06. The minimum absolute atomic E-state index is 0.0342. The van der Waals surface area contributed by atoms with Gasteiger partial charge >= 0.3 is 5.97 Å². The molecule has 0 aliphatic carbocycles. The van der Waals surface area contributed by atoms with E-state index in [4.69, 9.17) is 9.94 Å². The molecule has 2 rings (SSSR count). The zero-order valence-electron chi connectivity index (χ0n) is 9.51. The van der Waals surface area contributed by atoms with Crippen LogP contribution in [0.1, 0.15) is 10.4 Å². The van der Waals surface area contributed by atoms with Crippen LogP contribution < -0.4 is 9.96 Å². The zero-order chi connectivity index (χ0) is 13.3. The predicted molar refractivity (Wildman–Crippen MR) is 63.2 cm³/mol. The predicted octanol–water partition coefficient (Wildman–Crippen LogP) is 0.950. The second kappa shape index (κ2) is 4.61. The van der Waals surface area contributed by atoms with Gasteiger partial charge in [-0.3, -0.25) is 0 Å². The molecule has 2 aromatic carbocycles. The number of benzene rings is 2. The number of carbonyl (C=O) groups is 1. The summed E-state index contributed by atoms with van der Waals surface area (Å²) in [5.74, 6) is -0.862. The minimum Gasteiger partial charge on any atom is -0.595 e. The Balaban J connectivity index is 2.74. The third-order valence-electron chi connectivity index (χ3n) is 2.66. The number of nitrogens with one attached hydrogen (secondary N) is 1. The highest BCUT2D eigenvalue weighted by Crippen LogP contribution is 2.29. The van der Waals surface area contributed by atoms with Crippen molar-refractivity contribution >= 4 is 22.4 Å². The van der Waals surface area contributed by atoms with E-state index in [9.17, 15) is 15.1 Å². The van der Waals surface area contributed by atoms with Gasteiger partial charge in [0.15, 0.2) is 5.69 Å². The van der Waals surface area contributed by atoms with Crippen molar-refractivity contribution in [2.45, 2.75) is 0 Å². The molecule has 0 radical (unpaired) electrons. The van der Waals surface area contributed by atoms with E-state index >= 15 is 0 Å². The summed E-state index contributed by atoms with van der Waals surface area (Å²) in [5.41, 5.74) is 0.149. The average molecular weight is 249 g/mol. The highest BCUT2D eigenvalue weighted by Gasteiger charge is 2.16. The van der Waals surface area contributed by atoms with Gasteiger partial charge < -0.3 is 15.1 Å². The maximum absolute atomic E-state index is 11.2. The number of fused-ring (bicyclic) bond motifs is 1. The number of carboxylic acids is 1. The molecule has 0 spiro atoms. The lowest BCUT2D eigenvalue weighted by molar-refractivity contribution is -0.991. The first-order chi connectivity index (χ1) is 8.54. The van der Waals surface area contributed by atoms with E-state index in [1.807, 2.05) is 0 Å². The minimum atomic E-state index is -1.11. The molecule has 1 unspecified atom stereocenters. The van der Waals surface area contributed by atoms with Gasteiger partial charge in [-0.05, 0) is 17.5 Å². The Morgan fingerprint density at radius 3 is 2.61 bits per heavy atom. The van der Waals surface area contributed by atoms with Crippen molar-refractivity contribution in [2.24, 2.45) is 0 Å². The number of hydrogen-bond acceptors (Lipinski definition) is 4. The van der Waals surface area contributed by atoms with Gasteiger partial charge in [0.25, 0.3) is 0 Å². The summed E-state index contributed by atoms with van der Waals surface area (Å²) in [6, 6.07) is 7.43. The van der Waals surface area contributed by atoms with Crippen LogP contribution in [0, 0.1) is 5.21 Å². The van der Waals surface area contributed by atoms with E-state index in [-0.39, 0.29) is 17.0 Å². The number of ether oxygens (including phenoxy) is 1. The fourth-order valence-corrected chi connectivity index (χ4v) is 1.83. The lowest BCUT2D eigenvalue weighted by atomic mass is 10.0. The van der Waals surface area contributed by atoms with Gasteiger partial charge in [-0.2, -0.15) is 5.23 Å². The SMILES string of the molecule is COc1ccc2cc([NH+]([O-])O)ccc2c1C(=O)O. The smallest absolute Gasteiger partial charge is 0.340 e. The molecule has 0 aliphatic rings. The number of hydrogen-bond donors (Lipinski definition) is 3. The molecule has 0 saturated carbocycles. The number of aromatic carboxylic acids is 1. The van der Waals surface area contributed by atoms with Crippen molar-refractivity contribution in [1.82, 2.24) is 0 Å². The summed E-state index contributed by atoms with van der Waals surface area (Å²) in [6.45, 7) is 0. The highest BCUT2D eigenvalue weighted by atomic mass is 16.8. The van der Waals surface area contributed by atoms with Crippen molar-refractivity contribution in [2.75, 3.05) is 7.11 Å². The number of carboxylic acid groups (broad SMARTS) is 1. The normalized spacial score (nSPS) is 12.4. The first-order valence-corrected chi connectivity index (χ1v) is 5.12. The Morgan fingerprint density at radius 1 is 1.33 bits per heavy atom. The number of rotatable bonds is 3. The Morgan fingerprint density at radius 2 is 2.06 bits per heavy atom. The molecular weight excluding hydrogens is 238 g/mol. The first kappa shape index (κ1) is 12.3. The molecule has 0 aromatic heterocycles. The van der Waals surface area contributed by atoms with Gasteiger partial charge in [-0.25, -0.2) is 10.0 Å². The van der Waals surface area contributed by atoms with Crippen molar-refractivity contribution in [1.29, 1.82) is 0 Å². The summed E-state index contributed by atoms with van der Waals surface area (Å²) < 4.78 is 5.00. The monoisotopic (exact) mass is 249 g/mol. The maximum atomic E-state index is 11.2. The third-order valence-corrected chi connectivity index (χ3v) is 2.66. The van der Waals surface area contributed by atoms with E-state index in [2.05, 4.69) is 0 Å². The van der Waals surface area contributed by atoms with Gasteiger partial charge in [0.2, 0.25) is 0 Å². The van der Waals surface area contributed by atoms with Crippen LogP contribution in [0.25, 0.3) is 10.8 Å². The van der Waals surface area contributed by atoms with E-state index in [1.165, 1.54) is 31.4 Å². The molecule has 6 nitrogen and oxygen atoms in total. The van der Waals surface area contributed by atoms with Crippen molar-refractivity contribution in [3.63, 3.8) is 0 Å². The van der Waals surface area contributed by atoms with Crippen LogP contribution in [0.2, 0.25) is 0 Å². The Hall–Kier alpha value is -2.15. The molecule has 0 fully saturated rings. The average Bonchev–Trinajstić information content (AvgIpc) is 2.36. The Labute approximate surface area is 102 Å². The lowest BCUT2D eigenvalue weighted by Gasteiger charge is -2.13. The molecule has 0 aliphatic heterocycles. The number of methoxy groups -OCH3 is 1. The van der Waals surface area contributed by atoms with Crippen LogP contribution in [-0.2, 0) is 0 Å². The van der Waals surface area contributed by atoms with Crippen LogP contribution in [-0.4, -0.2) is 23.4 Å². The molecule has 18 heavy (non-hydrogen) atoms. The lowest BCUT2D eigenvalue weighted by Crippen LogP contribution is -2.99. The summed E-state index contributed by atoms with van der Waals surface area (Å²) in [6.07, 6.45) is 0. The fourth-order valence-electron chi connectivity index (χ4n) is 1.83. The second-order valence-electron chi connectivity index (χ2n) is 3.69. The maximum Gasteiger partial charge on any atom is 0.340 e. The van der Waals surface area contributed by atoms with E-state index in [0.29, 0.717) is 10.8 Å². The van der Waals surface area contributed by atoms with Crippen LogP contribution in [0.3, 0.4) is 0 Å². The van der Waals surface area contributed by atoms with Crippen LogP contribution in [0.4, 0.5) is 5.69 Å². The first-order valence-electron chi connectivity index (χ1n) is 5.12. The number of quaternary nitrogens is 1. The van der Waals surface area contributed by atoms with Gasteiger partial charge in [0, 0.05) is 17.5 Å². The molecule has 3 N–H and O–H groups in total. The van der Waals surface area contributed by atoms with Crippen LogP contribution in [0.5, 0.6) is 5.75 Å². The van der Waals surface area contributed by atoms with Crippen molar-refractivity contribution in [3.8, 4) is 5.75 Å². The third kappa shape index (κ3) is 2.00. The summed E-state index contributed by atoms with van der Waals surface area (Å²) >= 11 is 0. The van der Waals surface area contributed by atoms with Gasteiger partial charge in [-0.15, -0.1) is 0 Å². The summed E-state index contributed by atoms with van der Waals surface area (Å²) in [7, 11) is 1.39. The second-order valence-corrected chi connectivity index (χ2v) is 3.69. The molecule has 0 saturated heterocycles.